The molecular weight excluding hydrogens is 370 g/mol. The summed E-state index contributed by atoms with van der Waals surface area (Å²) < 4.78 is 10.0. The first-order chi connectivity index (χ1) is 14.1. The molecule has 2 rings (SSSR count). The molecule has 0 amide bonds. The topological polar surface area (TPSA) is 88.0 Å². The first-order valence-corrected chi connectivity index (χ1v) is 9.42. The van der Waals surface area contributed by atoms with Gasteiger partial charge in [-0.2, -0.15) is 0 Å². The maximum Gasteiger partial charge on any atom is 0.348 e. The van der Waals surface area contributed by atoms with Gasteiger partial charge in [-0.15, -0.1) is 5.76 Å². The van der Waals surface area contributed by atoms with Crippen LogP contribution >= 0.6 is 0 Å². The smallest absolute Gasteiger partial charge is 0.348 e. The van der Waals surface area contributed by atoms with Gasteiger partial charge in [0.15, 0.2) is 6.04 Å². The lowest BCUT2D eigenvalue weighted by molar-refractivity contribution is -0.244. The Morgan fingerprint density at radius 1 is 0.966 bits per heavy atom. The second kappa shape index (κ2) is 11.4. The van der Waals surface area contributed by atoms with Crippen molar-refractivity contribution in [3.05, 3.63) is 77.9 Å². The van der Waals surface area contributed by atoms with Crippen molar-refractivity contribution < 1.29 is 24.2 Å². The van der Waals surface area contributed by atoms with E-state index >= 15 is 0 Å². The maximum absolute atomic E-state index is 12.8. The normalized spacial score (nSPS) is 13.7. The third-order valence-electron chi connectivity index (χ3n) is 4.07. The summed E-state index contributed by atoms with van der Waals surface area (Å²) in [7, 11) is 0. The molecule has 2 aromatic carbocycles. The SMILES string of the molecule is CCOC(=O)C=NC(C(=O)OCC)C(/C=C(\[O-])c1ccccc1)c1ccccc1. The van der Waals surface area contributed by atoms with Gasteiger partial charge in [-0.05, 0) is 25.0 Å². The van der Waals surface area contributed by atoms with Gasteiger partial charge in [-0.1, -0.05) is 66.7 Å². The van der Waals surface area contributed by atoms with Crippen LogP contribution in [0.4, 0.5) is 0 Å². The van der Waals surface area contributed by atoms with Crippen LogP contribution in [0.25, 0.3) is 5.76 Å². The molecule has 0 radical (unpaired) electrons. The van der Waals surface area contributed by atoms with Crippen molar-refractivity contribution in [2.45, 2.75) is 25.8 Å². The molecule has 0 bridgehead atoms. The number of hydrogen-bond acceptors (Lipinski definition) is 6. The van der Waals surface area contributed by atoms with E-state index in [1.807, 2.05) is 12.1 Å². The van der Waals surface area contributed by atoms with Crippen molar-refractivity contribution in [1.82, 2.24) is 0 Å². The zero-order valence-corrected chi connectivity index (χ0v) is 16.5. The Morgan fingerprint density at radius 2 is 1.55 bits per heavy atom. The quantitative estimate of drug-likeness (QED) is 0.371. The van der Waals surface area contributed by atoms with E-state index in [0.29, 0.717) is 11.1 Å². The second-order valence-corrected chi connectivity index (χ2v) is 6.06. The highest BCUT2D eigenvalue weighted by Gasteiger charge is 2.29. The summed E-state index contributed by atoms with van der Waals surface area (Å²) in [5.41, 5.74) is 1.20. The Hall–Kier alpha value is -3.41. The van der Waals surface area contributed by atoms with Crippen LogP contribution in [-0.4, -0.2) is 37.4 Å². The second-order valence-electron chi connectivity index (χ2n) is 6.06. The Bertz CT molecular complexity index is 846. The van der Waals surface area contributed by atoms with E-state index in [4.69, 9.17) is 9.47 Å². The third kappa shape index (κ3) is 6.60. The fourth-order valence-electron chi connectivity index (χ4n) is 2.76. The van der Waals surface area contributed by atoms with Gasteiger partial charge in [-0.25, -0.2) is 9.59 Å². The highest BCUT2D eigenvalue weighted by Crippen LogP contribution is 2.27. The summed E-state index contributed by atoms with van der Waals surface area (Å²) in [6.45, 7) is 3.70. The third-order valence-corrected chi connectivity index (χ3v) is 4.07. The van der Waals surface area contributed by atoms with Gasteiger partial charge in [0.2, 0.25) is 0 Å². The molecule has 152 valence electrons. The van der Waals surface area contributed by atoms with E-state index in [-0.39, 0.29) is 19.0 Å². The van der Waals surface area contributed by atoms with E-state index < -0.39 is 23.9 Å². The molecular formula is C23H24NO5-. The zero-order chi connectivity index (χ0) is 21.1. The molecule has 0 N–H and O–H groups in total. The Kier molecular flexibility index (Phi) is 8.63. The summed E-state index contributed by atoms with van der Waals surface area (Å²) in [5, 5.41) is 12.8. The highest BCUT2D eigenvalue weighted by molar-refractivity contribution is 6.23. The van der Waals surface area contributed by atoms with E-state index in [2.05, 4.69) is 4.99 Å². The summed E-state index contributed by atoms with van der Waals surface area (Å²) in [6.07, 6.45) is 2.40. The van der Waals surface area contributed by atoms with Gasteiger partial charge in [0, 0.05) is 5.92 Å². The van der Waals surface area contributed by atoms with Crippen LogP contribution in [0.5, 0.6) is 0 Å². The molecule has 2 aromatic rings. The maximum atomic E-state index is 12.8. The molecule has 0 heterocycles. The molecule has 0 saturated heterocycles. The van der Waals surface area contributed by atoms with E-state index in [1.165, 1.54) is 6.08 Å². The molecule has 0 aliphatic rings. The number of nitrogens with zero attached hydrogens (tertiary/aromatic N) is 1. The summed E-state index contributed by atoms with van der Waals surface area (Å²) in [5.74, 6) is -2.25. The van der Waals surface area contributed by atoms with Gasteiger partial charge in [0.1, 0.15) is 6.21 Å². The van der Waals surface area contributed by atoms with E-state index in [0.717, 1.165) is 6.21 Å². The molecule has 0 aromatic heterocycles. The molecule has 0 aliphatic carbocycles. The lowest BCUT2D eigenvalue weighted by Gasteiger charge is -2.23. The molecule has 0 aliphatic heterocycles. The number of rotatable bonds is 9. The fraction of sp³-hybridized carbons (Fsp3) is 0.261. The minimum Gasteiger partial charge on any atom is -0.872 e. The van der Waals surface area contributed by atoms with E-state index in [9.17, 15) is 14.7 Å². The van der Waals surface area contributed by atoms with Crippen molar-refractivity contribution in [3.8, 4) is 0 Å². The van der Waals surface area contributed by atoms with Crippen LogP contribution in [0.1, 0.15) is 30.9 Å². The number of ether oxygens (including phenoxy) is 2. The number of hydrogen-bond donors (Lipinski definition) is 0. The van der Waals surface area contributed by atoms with Crippen molar-refractivity contribution in [2.24, 2.45) is 4.99 Å². The number of esters is 2. The number of carbonyl (C=O) groups excluding carboxylic acids is 2. The largest absolute Gasteiger partial charge is 0.872 e. The van der Waals surface area contributed by atoms with Crippen molar-refractivity contribution in [2.75, 3.05) is 13.2 Å². The summed E-state index contributed by atoms with van der Waals surface area (Å²) >= 11 is 0. The fourth-order valence-corrected chi connectivity index (χ4v) is 2.76. The predicted octanol–water partition coefficient (Wildman–Crippen LogP) is 2.74. The molecule has 0 spiro atoms. The minimum absolute atomic E-state index is 0.151. The molecule has 0 fully saturated rings. The van der Waals surface area contributed by atoms with Gasteiger partial charge in [0.05, 0.1) is 13.2 Å². The van der Waals surface area contributed by atoms with Gasteiger partial charge in [0.25, 0.3) is 0 Å². The summed E-state index contributed by atoms with van der Waals surface area (Å²) in [6, 6.07) is 16.7. The average Bonchev–Trinajstić information content (AvgIpc) is 2.74. The van der Waals surface area contributed by atoms with Crippen molar-refractivity contribution in [3.63, 3.8) is 0 Å². The van der Waals surface area contributed by atoms with Crippen molar-refractivity contribution >= 4 is 23.9 Å². The van der Waals surface area contributed by atoms with Gasteiger partial charge in [-0.3, -0.25) is 4.99 Å². The molecule has 6 nitrogen and oxygen atoms in total. The first-order valence-electron chi connectivity index (χ1n) is 9.42. The monoisotopic (exact) mass is 394 g/mol. The molecule has 2 unspecified atom stereocenters. The first kappa shape index (κ1) is 21.9. The summed E-state index contributed by atoms with van der Waals surface area (Å²) in [4.78, 5) is 28.5. The van der Waals surface area contributed by atoms with Crippen LogP contribution < -0.4 is 5.11 Å². The standard InChI is InChI=1S/C23H25NO5/c1-3-28-21(26)16-24-22(23(27)29-4-2)19(17-11-7-5-8-12-17)15-20(25)18-13-9-6-10-14-18/h5-16,19,22,25H,3-4H2,1-2H3/p-1/b20-15-,24-16?. The van der Waals surface area contributed by atoms with Crippen molar-refractivity contribution in [1.29, 1.82) is 0 Å². The van der Waals surface area contributed by atoms with Crippen LogP contribution in [0.2, 0.25) is 0 Å². The van der Waals surface area contributed by atoms with Crippen LogP contribution in [-0.2, 0) is 19.1 Å². The molecule has 2 atom stereocenters. The lowest BCUT2D eigenvalue weighted by Crippen LogP contribution is -2.29. The van der Waals surface area contributed by atoms with E-state index in [1.54, 1.807) is 62.4 Å². The lowest BCUT2D eigenvalue weighted by atomic mass is 9.90. The van der Waals surface area contributed by atoms with Gasteiger partial charge < -0.3 is 14.6 Å². The number of carbonyl (C=O) groups is 2. The van der Waals surface area contributed by atoms with Crippen LogP contribution in [0, 0.1) is 0 Å². The van der Waals surface area contributed by atoms with Crippen LogP contribution in [0.3, 0.4) is 0 Å². The molecule has 0 saturated carbocycles. The predicted molar refractivity (Wildman–Crippen MR) is 109 cm³/mol. The number of benzene rings is 2. The Morgan fingerprint density at radius 3 is 2.14 bits per heavy atom. The molecule has 6 heteroatoms. The van der Waals surface area contributed by atoms with Crippen LogP contribution in [0.15, 0.2) is 71.7 Å². The zero-order valence-electron chi connectivity index (χ0n) is 16.5. The minimum atomic E-state index is -1.10. The molecule has 29 heavy (non-hydrogen) atoms. The van der Waals surface area contributed by atoms with Gasteiger partial charge >= 0.3 is 11.9 Å². The highest BCUT2D eigenvalue weighted by atomic mass is 16.5. The number of aliphatic imine (C=N–C) groups is 1. The Balaban J connectivity index is 2.49. The Labute approximate surface area is 170 Å². The average molecular weight is 394 g/mol.